The first-order valence-corrected chi connectivity index (χ1v) is 9.41. The van der Waals surface area contributed by atoms with Crippen LogP contribution in [0.2, 0.25) is 0 Å². The van der Waals surface area contributed by atoms with E-state index in [1.54, 1.807) is 12.1 Å². The number of aryl methyl sites for hydroxylation is 1. The highest BCUT2D eigenvalue weighted by Crippen LogP contribution is 2.28. The third-order valence-electron chi connectivity index (χ3n) is 4.76. The maximum atomic E-state index is 13.0. The Bertz CT molecular complexity index is 949. The number of hydrogen-bond donors (Lipinski definition) is 1. The predicted molar refractivity (Wildman–Crippen MR) is 105 cm³/mol. The summed E-state index contributed by atoms with van der Waals surface area (Å²) in [5, 5.41) is 6.89. The lowest BCUT2D eigenvalue weighted by Gasteiger charge is -2.21. The molecule has 1 fully saturated rings. The molecule has 144 valence electrons. The van der Waals surface area contributed by atoms with Gasteiger partial charge < -0.3 is 14.7 Å². The van der Waals surface area contributed by atoms with Gasteiger partial charge in [-0.1, -0.05) is 17.3 Å². The van der Waals surface area contributed by atoms with Crippen LogP contribution in [0.5, 0.6) is 0 Å². The van der Waals surface area contributed by atoms with E-state index in [1.807, 2.05) is 24.3 Å². The van der Waals surface area contributed by atoms with Crippen molar-refractivity contribution in [3.63, 3.8) is 0 Å². The third kappa shape index (κ3) is 4.19. The molecule has 28 heavy (non-hydrogen) atoms. The Hall–Kier alpha value is -3.22. The molecular formula is C21H21FN4O2. The molecule has 1 N–H and O–H groups in total. The van der Waals surface area contributed by atoms with Crippen LogP contribution in [0.15, 0.2) is 53.1 Å². The minimum atomic E-state index is -0.321. The number of carbonyl (C=O) groups is 1. The summed E-state index contributed by atoms with van der Waals surface area (Å²) in [6, 6.07) is 13.7. The summed E-state index contributed by atoms with van der Waals surface area (Å²) in [4.78, 5) is 19.0. The SMILES string of the molecule is O=C(CCc1nc(-c2ccc(F)cc2)no1)Nc1ccccc1N1CCCC1. The van der Waals surface area contributed by atoms with Crippen molar-refractivity contribution in [1.29, 1.82) is 0 Å². The smallest absolute Gasteiger partial charge is 0.227 e. The standard InChI is InChI=1S/C21H21FN4O2/c22-16-9-7-15(8-10-16)21-24-20(28-25-21)12-11-19(27)23-17-5-1-2-6-18(17)26-13-3-4-14-26/h1-2,5-10H,3-4,11-14H2,(H,23,27). The Morgan fingerprint density at radius 1 is 1.11 bits per heavy atom. The van der Waals surface area contributed by atoms with Crippen LogP contribution in [0.4, 0.5) is 15.8 Å². The molecule has 0 radical (unpaired) electrons. The molecular weight excluding hydrogens is 359 g/mol. The summed E-state index contributed by atoms with van der Waals surface area (Å²) >= 11 is 0. The Balaban J connectivity index is 1.36. The Labute approximate surface area is 162 Å². The topological polar surface area (TPSA) is 71.3 Å². The van der Waals surface area contributed by atoms with E-state index < -0.39 is 0 Å². The second kappa shape index (κ2) is 8.21. The van der Waals surface area contributed by atoms with Crippen LogP contribution >= 0.6 is 0 Å². The van der Waals surface area contributed by atoms with E-state index in [9.17, 15) is 9.18 Å². The number of nitrogens with zero attached hydrogens (tertiary/aromatic N) is 3. The molecule has 0 aliphatic carbocycles. The van der Waals surface area contributed by atoms with E-state index >= 15 is 0 Å². The average molecular weight is 380 g/mol. The normalized spacial score (nSPS) is 13.7. The zero-order valence-electron chi connectivity index (χ0n) is 15.4. The molecule has 3 aromatic rings. The number of nitrogens with one attached hydrogen (secondary N) is 1. The van der Waals surface area contributed by atoms with Crippen molar-refractivity contribution in [3.8, 4) is 11.4 Å². The lowest BCUT2D eigenvalue weighted by Crippen LogP contribution is -2.21. The van der Waals surface area contributed by atoms with Crippen LogP contribution in [0.25, 0.3) is 11.4 Å². The fourth-order valence-electron chi connectivity index (χ4n) is 3.32. The first kappa shape index (κ1) is 18.2. The number of amides is 1. The molecule has 0 atom stereocenters. The van der Waals surface area contributed by atoms with Gasteiger partial charge in [0.25, 0.3) is 0 Å². The number of benzene rings is 2. The Kier molecular flexibility index (Phi) is 5.32. The molecule has 4 rings (SSSR count). The van der Waals surface area contributed by atoms with Crippen LogP contribution in [0, 0.1) is 5.82 Å². The lowest BCUT2D eigenvalue weighted by atomic mass is 10.2. The second-order valence-corrected chi connectivity index (χ2v) is 6.78. The van der Waals surface area contributed by atoms with Crippen molar-refractivity contribution in [2.45, 2.75) is 25.7 Å². The summed E-state index contributed by atoms with van der Waals surface area (Å²) in [7, 11) is 0. The minimum absolute atomic E-state index is 0.104. The highest BCUT2D eigenvalue weighted by Gasteiger charge is 2.17. The maximum absolute atomic E-state index is 13.0. The van der Waals surface area contributed by atoms with Crippen molar-refractivity contribution in [2.75, 3.05) is 23.3 Å². The van der Waals surface area contributed by atoms with Crippen LogP contribution in [-0.4, -0.2) is 29.1 Å². The summed E-state index contributed by atoms with van der Waals surface area (Å²) in [5.41, 5.74) is 2.55. The van der Waals surface area contributed by atoms with Crippen molar-refractivity contribution in [1.82, 2.24) is 10.1 Å². The molecule has 7 heteroatoms. The Morgan fingerprint density at radius 2 is 1.86 bits per heavy atom. The number of carbonyl (C=O) groups excluding carboxylic acids is 1. The second-order valence-electron chi connectivity index (χ2n) is 6.78. The van der Waals surface area contributed by atoms with Gasteiger partial charge in [-0.15, -0.1) is 0 Å². The fraction of sp³-hybridized carbons (Fsp3) is 0.286. The maximum Gasteiger partial charge on any atom is 0.227 e. The molecule has 1 aliphatic rings. The quantitative estimate of drug-likeness (QED) is 0.699. The van der Waals surface area contributed by atoms with Crippen LogP contribution in [-0.2, 0) is 11.2 Å². The van der Waals surface area contributed by atoms with Crippen LogP contribution in [0.1, 0.15) is 25.2 Å². The average Bonchev–Trinajstić information content (AvgIpc) is 3.40. The number of rotatable bonds is 6. The summed E-state index contributed by atoms with van der Waals surface area (Å²) < 4.78 is 18.2. The number of para-hydroxylation sites is 2. The zero-order valence-corrected chi connectivity index (χ0v) is 15.4. The molecule has 6 nitrogen and oxygen atoms in total. The molecule has 2 aromatic carbocycles. The molecule has 2 heterocycles. The third-order valence-corrected chi connectivity index (χ3v) is 4.76. The van der Waals surface area contributed by atoms with Gasteiger partial charge in [0, 0.05) is 31.5 Å². The molecule has 1 amide bonds. The van der Waals surface area contributed by atoms with Gasteiger partial charge in [0.05, 0.1) is 11.4 Å². The van der Waals surface area contributed by atoms with Gasteiger partial charge in [-0.25, -0.2) is 4.39 Å². The van der Waals surface area contributed by atoms with Crippen molar-refractivity contribution in [3.05, 3.63) is 60.2 Å². The van der Waals surface area contributed by atoms with Crippen molar-refractivity contribution >= 4 is 17.3 Å². The van der Waals surface area contributed by atoms with E-state index in [1.165, 1.54) is 25.0 Å². The van der Waals surface area contributed by atoms with Crippen molar-refractivity contribution < 1.29 is 13.7 Å². The number of aromatic nitrogens is 2. The number of halogens is 1. The Morgan fingerprint density at radius 3 is 2.64 bits per heavy atom. The summed E-state index contributed by atoms with van der Waals surface area (Å²) in [6.45, 7) is 2.03. The van der Waals surface area contributed by atoms with Gasteiger partial charge in [0.2, 0.25) is 17.6 Å². The summed E-state index contributed by atoms with van der Waals surface area (Å²) in [5.74, 6) is 0.337. The molecule has 0 unspecified atom stereocenters. The molecule has 0 bridgehead atoms. The van der Waals surface area contributed by atoms with E-state index in [0.29, 0.717) is 23.7 Å². The zero-order chi connectivity index (χ0) is 19.3. The van der Waals surface area contributed by atoms with E-state index in [0.717, 1.165) is 24.5 Å². The van der Waals surface area contributed by atoms with Gasteiger partial charge in [0.15, 0.2) is 0 Å². The largest absolute Gasteiger partial charge is 0.370 e. The fourth-order valence-corrected chi connectivity index (χ4v) is 3.32. The predicted octanol–water partition coefficient (Wildman–Crippen LogP) is 4.05. The molecule has 0 saturated carbocycles. The van der Waals surface area contributed by atoms with Gasteiger partial charge in [-0.2, -0.15) is 4.98 Å². The molecule has 1 aromatic heterocycles. The summed E-state index contributed by atoms with van der Waals surface area (Å²) in [6.07, 6.45) is 2.93. The number of anilines is 2. The van der Waals surface area contributed by atoms with Gasteiger partial charge in [0.1, 0.15) is 5.82 Å². The van der Waals surface area contributed by atoms with Gasteiger partial charge >= 0.3 is 0 Å². The lowest BCUT2D eigenvalue weighted by molar-refractivity contribution is -0.116. The highest BCUT2D eigenvalue weighted by atomic mass is 19.1. The first-order chi connectivity index (χ1) is 13.7. The molecule has 0 spiro atoms. The number of hydrogen-bond acceptors (Lipinski definition) is 5. The van der Waals surface area contributed by atoms with E-state index in [2.05, 4.69) is 20.4 Å². The van der Waals surface area contributed by atoms with Crippen LogP contribution < -0.4 is 10.2 Å². The minimum Gasteiger partial charge on any atom is -0.370 e. The van der Waals surface area contributed by atoms with Crippen molar-refractivity contribution in [2.24, 2.45) is 0 Å². The monoisotopic (exact) mass is 380 g/mol. The van der Waals surface area contributed by atoms with E-state index in [-0.39, 0.29) is 18.1 Å². The molecule has 1 saturated heterocycles. The van der Waals surface area contributed by atoms with Gasteiger partial charge in [-0.3, -0.25) is 4.79 Å². The first-order valence-electron chi connectivity index (χ1n) is 9.41. The van der Waals surface area contributed by atoms with Gasteiger partial charge in [-0.05, 0) is 49.2 Å². The highest BCUT2D eigenvalue weighted by molar-refractivity contribution is 5.94. The molecule has 1 aliphatic heterocycles. The van der Waals surface area contributed by atoms with Crippen LogP contribution in [0.3, 0.4) is 0 Å². The van der Waals surface area contributed by atoms with E-state index in [4.69, 9.17) is 4.52 Å².